The van der Waals surface area contributed by atoms with Crippen molar-refractivity contribution in [2.24, 2.45) is 5.92 Å². The summed E-state index contributed by atoms with van der Waals surface area (Å²) < 4.78 is 4.67. The quantitative estimate of drug-likeness (QED) is 0.804. The molecule has 0 radical (unpaired) electrons. The van der Waals surface area contributed by atoms with Gasteiger partial charge < -0.3 is 10.1 Å². The van der Waals surface area contributed by atoms with Crippen molar-refractivity contribution in [2.75, 3.05) is 7.11 Å². The van der Waals surface area contributed by atoms with Gasteiger partial charge in [0.25, 0.3) is 5.91 Å². The molecular weight excluding hydrogens is 260 g/mol. The van der Waals surface area contributed by atoms with Crippen LogP contribution < -0.4 is 5.32 Å². The molecule has 0 aliphatic carbocycles. The molecule has 1 rings (SSSR count). The maximum atomic E-state index is 12.1. The number of H-pyrrole nitrogens is 1. The van der Waals surface area contributed by atoms with Gasteiger partial charge in [-0.15, -0.1) is 5.10 Å². The molecule has 1 aromatic heterocycles. The minimum atomic E-state index is -0.718. The first-order valence-corrected chi connectivity index (χ1v) is 6.48. The molecule has 7 nitrogen and oxygen atoms in total. The van der Waals surface area contributed by atoms with Crippen molar-refractivity contribution < 1.29 is 14.3 Å². The number of aromatic amines is 1. The number of carbonyl (C=O) groups excluding carboxylic acids is 2. The van der Waals surface area contributed by atoms with E-state index in [0.717, 1.165) is 0 Å². The molecular formula is C13H22N4O3. The molecule has 0 aliphatic rings. The van der Waals surface area contributed by atoms with Crippen LogP contribution in [-0.4, -0.2) is 40.2 Å². The molecule has 0 bridgehead atoms. The second-order valence-corrected chi connectivity index (χ2v) is 5.98. The van der Waals surface area contributed by atoms with Gasteiger partial charge in [0.05, 0.1) is 7.11 Å². The average Bonchev–Trinajstić information content (AvgIpc) is 2.83. The second kappa shape index (κ2) is 6.02. The molecule has 1 aromatic rings. The summed E-state index contributed by atoms with van der Waals surface area (Å²) in [6, 6.07) is -0.718. The van der Waals surface area contributed by atoms with E-state index in [9.17, 15) is 9.59 Å². The van der Waals surface area contributed by atoms with Crippen LogP contribution in [0.2, 0.25) is 0 Å². The molecule has 112 valence electrons. The van der Waals surface area contributed by atoms with Gasteiger partial charge in [-0.1, -0.05) is 34.6 Å². The number of hydrogen-bond donors (Lipinski definition) is 2. The summed E-state index contributed by atoms with van der Waals surface area (Å²) >= 11 is 0. The highest BCUT2D eigenvalue weighted by Crippen LogP contribution is 2.17. The van der Waals surface area contributed by atoms with Gasteiger partial charge in [0.15, 0.2) is 0 Å². The first-order valence-electron chi connectivity index (χ1n) is 6.48. The zero-order valence-electron chi connectivity index (χ0n) is 12.8. The van der Waals surface area contributed by atoms with Crippen LogP contribution in [0.3, 0.4) is 0 Å². The average molecular weight is 282 g/mol. The van der Waals surface area contributed by atoms with E-state index in [0.29, 0.717) is 5.82 Å². The van der Waals surface area contributed by atoms with E-state index in [1.807, 2.05) is 34.6 Å². The van der Waals surface area contributed by atoms with Gasteiger partial charge in [-0.3, -0.25) is 9.89 Å². The van der Waals surface area contributed by atoms with Crippen LogP contribution in [0, 0.1) is 5.92 Å². The molecule has 0 saturated carbocycles. The molecule has 1 amide bonds. The number of aromatic nitrogens is 3. The van der Waals surface area contributed by atoms with Crippen molar-refractivity contribution in [2.45, 2.75) is 46.1 Å². The Kier molecular flexibility index (Phi) is 4.86. The Hall–Kier alpha value is -1.92. The molecule has 0 saturated heterocycles. The Balaban J connectivity index is 2.85. The van der Waals surface area contributed by atoms with E-state index in [2.05, 4.69) is 25.2 Å². The highest BCUT2D eigenvalue weighted by molar-refractivity contribution is 5.93. The van der Waals surface area contributed by atoms with Gasteiger partial charge in [0, 0.05) is 5.41 Å². The summed E-state index contributed by atoms with van der Waals surface area (Å²) in [5.74, 6) is -0.445. The van der Waals surface area contributed by atoms with Crippen molar-refractivity contribution in [3.63, 3.8) is 0 Å². The number of carbonyl (C=O) groups is 2. The molecule has 0 aliphatic heterocycles. The summed E-state index contributed by atoms with van der Waals surface area (Å²) in [5, 5.41) is 9.20. The monoisotopic (exact) mass is 282 g/mol. The Labute approximate surface area is 118 Å². The zero-order valence-corrected chi connectivity index (χ0v) is 12.8. The maximum Gasteiger partial charge on any atom is 0.328 e. The predicted octanol–water partition coefficient (Wildman–Crippen LogP) is 1.03. The van der Waals surface area contributed by atoms with E-state index >= 15 is 0 Å². The van der Waals surface area contributed by atoms with Crippen LogP contribution in [-0.2, 0) is 14.9 Å². The van der Waals surface area contributed by atoms with E-state index in [4.69, 9.17) is 0 Å². The first kappa shape index (κ1) is 16.1. The summed E-state index contributed by atoms with van der Waals surface area (Å²) in [5.41, 5.74) is -0.231. The second-order valence-electron chi connectivity index (χ2n) is 5.98. The molecule has 2 N–H and O–H groups in total. The molecule has 0 fully saturated rings. The predicted molar refractivity (Wildman–Crippen MR) is 73.2 cm³/mol. The van der Waals surface area contributed by atoms with E-state index in [1.54, 1.807) is 0 Å². The van der Waals surface area contributed by atoms with Gasteiger partial charge in [0.2, 0.25) is 5.82 Å². The maximum absolute atomic E-state index is 12.1. The minimum Gasteiger partial charge on any atom is -0.467 e. The largest absolute Gasteiger partial charge is 0.467 e. The van der Waals surface area contributed by atoms with Crippen LogP contribution in [0.15, 0.2) is 0 Å². The lowest BCUT2D eigenvalue weighted by molar-refractivity contribution is -0.144. The number of rotatable bonds is 4. The Bertz CT molecular complexity index is 488. The fourth-order valence-corrected chi connectivity index (χ4v) is 1.53. The van der Waals surface area contributed by atoms with Crippen LogP contribution >= 0.6 is 0 Å². The molecule has 1 atom stereocenters. The van der Waals surface area contributed by atoms with Gasteiger partial charge in [-0.25, -0.2) is 9.78 Å². The molecule has 0 spiro atoms. The van der Waals surface area contributed by atoms with Crippen molar-refractivity contribution in [3.8, 4) is 0 Å². The number of methoxy groups -OCH3 is 1. The van der Waals surface area contributed by atoms with Crippen LogP contribution in [0.25, 0.3) is 0 Å². The summed E-state index contributed by atoms with van der Waals surface area (Å²) in [4.78, 5) is 27.8. The van der Waals surface area contributed by atoms with E-state index in [-0.39, 0.29) is 17.2 Å². The SMILES string of the molecule is COC(=O)[C@@H](NC(=O)c1n[nH]c(C(C)(C)C)n1)C(C)C. The third-order valence-electron chi connectivity index (χ3n) is 2.81. The molecule has 20 heavy (non-hydrogen) atoms. The number of esters is 1. The van der Waals surface area contributed by atoms with E-state index in [1.165, 1.54) is 7.11 Å². The van der Waals surface area contributed by atoms with Crippen LogP contribution in [0.1, 0.15) is 51.1 Å². The summed E-state index contributed by atoms with van der Waals surface area (Å²) in [6.07, 6.45) is 0. The third-order valence-corrected chi connectivity index (χ3v) is 2.81. The fraction of sp³-hybridized carbons (Fsp3) is 0.692. The number of nitrogens with zero attached hydrogens (tertiary/aromatic N) is 2. The minimum absolute atomic E-state index is 0.0180. The fourth-order valence-electron chi connectivity index (χ4n) is 1.53. The highest BCUT2D eigenvalue weighted by Gasteiger charge is 2.28. The number of amides is 1. The first-order chi connectivity index (χ1) is 9.16. The normalized spacial score (nSPS) is 13.2. The van der Waals surface area contributed by atoms with Crippen molar-refractivity contribution in [3.05, 3.63) is 11.6 Å². The number of nitrogens with one attached hydrogen (secondary N) is 2. The standard InChI is InChI=1S/C13H22N4O3/c1-7(2)8(11(19)20-6)14-10(18)9-15-12(17-16-9)13(3,4)5/h7-8H,1-6H3,(H,14,18)(H,15,16,17)/t8-/m0/s1. The van der Waals surface area contributed by atoms with E-state index < -0.39 is 17.9 Å². The molecule has 0 unspecified atom stereocenters. The lowest BCUT2D eigenvalue weighted by atomic mass is 9.96. The number of hydrogen-bond acceptors (Lipinski definition) is 5. The van der Waals surface area contributed by atoms with Crippen molar-refractivity contribution in [1.29, 1.82) is 0 Å². The summed E-state index contributed by atoms with van der Waals surface area (Å²) in [7, 11) is 1.29. The smallest absolute Gasteiger partial charge is 0.328 e. The molecule has 0 aromatic carbocycles. The lowest BCUT2D eigenvalue weighted by Crippen LogP contribution is -2.45. The molecule has 7 heteroatoms. The lowest BCUT2D eigenvalue weighted by Gasteiger charge is -2.18. The molecule has 1 heterocycles. The van der Waals surface area contributed by atoms with Crippen molar-refractivity contribution >= 4 is 11.9 Å². The highest BCUT2D eigenvalue weighted by atomic mass is 16.5. The topological polar surface area (TPSA) is 97.0 Å². The van der Waals surface area contributed by atoms with Crippen molar-refractivity contribution in [1.82, 2.24) is 20.5 Å². The van der Waals surface area contributed by atoms with Gasteiger partial charge in [0.1, 0.15) is 11.9 Å². The Morgan fingerprint density at radius 2 is 1.90 bits per heavy atom. The Morgan fingerprint density at radius 1 is 1.30 bits per heavy atom. The summed E-state index contributed by atoms with van der Waals surface area (Å²) in [6.45, 7) is 9.52. The van der Waals surface area contributed by atoms with Gasteiger partial charge in [-0.05, 0) is 5.92 Å². The van der Waals surface area contributed by atoms with Crippen LogP contribution in [0.5, 0.6) is 0 Å². The van der Waals surface area contributed by atoms with Crippen LogP contribution in [0.4, 0.5) is 0 Å². The third kappa shape index (κ3) is 3.79. The zero-order chi connectivity index (χ0) is 15.5. The Morgan fingerprint density at radius 3 is 2.30 bits per heavy atom. The van der Waals surface area contributed by atoms with Gasteiger partial charge >= 0.3 is 5.97 Å². The van der Waals surface area contributed by atoms with Gasteiger partial charge in [-0.2, -0.15) is 0 Å². The number of ether oxygens (including phenoxy) is 1.